The zero-order chi connectivity index (χ0) is 9.97. The minimum absolute atomic E-state index is 0.556. The van der Waals surface area contributed by atoms with Crippen LogP contribution in [-0.2, 0) is 6.54 Å². The summed E-state index contributed by atoms with van der Waals surface area (Å²) in [6, 6.07) is 8.17. The van der Waals surface area contributed by atoms with E-state index >= 15 is 0 Å². The standard InChI is InChI=1S/C10H10BrN3/c11-9-3-1-2-8(4-9)5-14-6-10(12)13-7-14/h1-4,6-7H,5,12H2. The van der Waals surface area contributed by atoms with Crippen molar-refractivity contribution in [2.75, 3.05) is 5.73 Å². The quantitative estimate of drug-likeness (QED) is 0.890. The Morgan fingerprint density at radius 1 is 1.43 bits per heavy atom. The topological polar surface area (TPSA) is 43.8 Å². The van der Waals surface area contributed by atoms with E-state index in [9.17, 15) is 0 Å². The largest absolute Gasteiger partial charge is 0.382 e. The molecular weight excluding hydrogens is 242 g/mol. The molecule has 0 aliphatic rings. The Morgan fingerprint density at radius 2 is 2.29 bits per heavy atom. The van der Waals surface area contributed by atoms with E-state index in [4.69, 9.17) is 5.73 Å². The highest BCUT2D eigenvalue weighted by Crippen LogP contribution is 2.12. The van der Waals surface area contributed by atoms with Crippen LogP contribution in [0.4, 0.5) is 5.82 Å². The maximum atomic E-state index is 5.52. The number of imidazole rings is 1. The van der Waals surface area contributed by atoms with Crippen molar-refractivity contribution >= 4 is 21.7 Å². The van der Waals surface area contributed by atoms with Crippen molar-refractivity contribution < 1.29 is 0 Å². The molecule has 0 bridgehead atoms. The summed E-state index contributed by atoms with van der Waals surface area (Å²) in [5.74, 6) is 0.556. The van der Waals surface area contributed by atoms with Gasteiger partial charge in [0.15, 0.2) is 0 Å². The molecule has 3 nitrogen and oxygen atoms in total. The first-order chi connectivity index (χ1) is 6.74. The first-order valence-electron chi connectivity index (χ1n) is 4.26. The third-order valence-corrected chi connectivity index (χ3v) is 2.40. The third kappa shape index (κ3) is 2.14. The summed E-state index contributed by atoms with van der Waals surface area (Å²) in [5, 5.41) is 0. The predicted octanol–water partition coefficient (Wildman–Crippen LogP) is 2.28. The van der Waals surface area contributed by atoms with Gasteiger partial charge in [-0.25, -0.2) is 4.98 Å². The Morgan fingerprint density at radius 3 is 2.93 bits per heavy atom. The van der Waals surface area contributed by atoms with Crippen LogP contribution in [0.1, 0.15) is 5.56 Å². The Hall–Kier alpha value is -1.29. The number of nitrogens with zero attached hydrogens (tertiary/aromatic N) is 2. The zero-order valence-corrected chi connectivity index (χ0v) is 9.11. The summed E-state index contributed by atoms with van der Waals surface area (Å²) in [4.78, 5) is 3.96. The second-order valence-electron chi connectivity index (χ2n) is 3.10. The Labute approximate surface area is 90.7 Å². The predicted molar refractivity (Wildman–Crippen MR) is 59.9 cm³/mol. The second-order valence-corrected chi connectivity index (χ2v) is 4.02. The second kappa shape index (κ2) is 3.84. The number of hydrogen-bond acceptors (Lipinski definition) is 2. The van der Waals surface area contributed by atoms with Gasteiger partial charge in [0.05, 0.1) is 6.33 Å². The molecule has 0 radical (unpaired) electrons. The van der Waals surface area contributed by atoms with Crippen molar-refractivity contribution in [3.63, 3.8) is 0 Å². The maximum Gasteiger partial charge on any atom is 0.141 e. The van der Waals surface area contributed by atoms with Gasteiger partial charge < -0.3 is 10.3 Å². The molecule has 0 saturated heterocycles. The van der Waals surface area contributed by atoms with Crippen molar-refractivity contribution in [2.45, 2.75) is 6.54 Å². The molecule has 4 heteroatoms. The molecule has 0 unspecified atom stereocenters. The Bertz CT molecular complexity index is 436. The van der Waals surface area contributed by atoms with Crippen molar-refractivity contribution in [1.29, 1.82) is 0 Å². The van der Waals surface area contributed by atoms with Crippen LogP contribution in [0, 0.1) is 0 Å². The van der Waals surface area contributed by atoms with Gasteiger partial charge in [0.2, 0.25) is 0 Å². The van der Waals surface area contributed by atoms with E-state index in [0.29, 0.717) is 5.82 Å². The fourth-order valence-electron chi connectivity index (χ4n) is 1.31. The minimum Gasteiger partial charge on any atom is -0.382 e. The van der Waals surface area contributed by atoms with Gasteiger partial charge >= 0.3 is 0 Å². The highest BCUT2D eigenvalue weighted by molar-refractivity contribution is 9.10. The monoisotopic (exact) mass is 251 g/mol. The van der Waals surface area contributed by atoms with Crippen molar-refractivity contribution in [3.8, 4) is 0 Å². The van der Waals surface area contributed by atoms with E-state index in [1.54, 1.807) is 6.33 Å². The van der Waals surface area contributed by atoms with Gasteiger partial charge in [-0.3, -0.25) is 0 Å². The first-order valence-corrected chi connectivity index (χ1v) is 5.05. The summed E-state index contributed by atoms with van der Waals surface area (Å²) in [7, 11) is 0. The molecule has 2 rings (SSSR count). The lowest BCUT2D eigenvalue weighted by Gasteiger charge is -2.02. The van der Waals surface area contributed by atoms with Crippen LogP contribution in [0.3, 0.4) is 0 Å². The summed E-state index contributed by atoms with van der Waals surface area (Å²) in [6.45, 7) is 0.795. The summed E-state index contributed by atoms with van der Waals surface area (Å²) < 4.78 is 3.04. The van der Waals surface area contributed by atoms with Gasteiger partial charge in [0.1, 0.15) is 5.82 Å². The number of halogens is 1. The van der Waals surface area contributed by atoms with E-state index in [1.807, 2.05) is 22.9 Å². The van der Waals surface area contributed by atoms with Crippen LogP contribution in [0.15, 0.2) is 41.3 Å². The molecule has 0 fully saturated rings. The molecule has 0 aliphatic heterocycles. The van der Waals surface area contributed by atoms with Gasteiger partial charge in [-0.05, 0) is 17.7 Å². The van der Waals surface area contributed by atoms with E-state index < -0.39 is 0 Å². The fraction of sp³-hybridized carbons (Fsp3) is 0.100. The highest BCUT2D eigenvalue weighted by atomic mass is 79.9. The van der Waals surface area contributed by atoms with E-state index in [-0.39, 0.29) is 0 Å². The lowest BCUT2D eigenvalue weighted by Crippen LogP contribution is -1.96. The van der Waals surface area contributed by atoms with Gasteiger partial charge in [-0.15, -0.1) is 0 Å². The molecule has 0 amide bonds. The average molecular weight is 252 g/mol. The Kier molecular flexibility index (Phi) is 2.54. The van der Waals surface area contributed by atoms with Crippen LogP contribution < -0.4 is 5.73 Å². The smallest absolute Gasteiger partial charge is 0.141 e. The molecule has 2 N–H and O–H groups in total. The summed E-state index contributed by atoms with van der Waals surface area (Å²) in [6.07, 6.45) is 3.55. The molecule has 1 heterocycles. The van der Waals surface area contributed by atoms with Crippen molar-refractivity contribution in [3.05, 3.63) is 46.8 Å². The molecule has 0 atom stereocenters. The lowest BCUT2D eigenvalue weighted by atomic mass is 10.2. The summed E-state index contributed by atoms with van der Waals surface area (Å²) >= 11 is 3.43. The molecule has 0 aliphatic carbocycles. The molecule has 0 spiro atoms. The fourth-order valence-corrected chi connectivity index (χ4v) is 1.76. The lowest BCUT2D eigenvalue weighted by molar-refractivity contribution is 0.797. The average Bonchev–Trinajstić information content (AvgIpc) is 2.51. The number of rotatable bonds is 2. The number of anilines is 1. The molecule has 14 heavy (non-hydrogen) atoms. The van der Waals surface area contributed by atoms with E-state index in [2.05, 4.69) is 33.0 Å². The zero-order valence-electron chi connectivity index (χ0n) is 7.52. The van der Waals surface area contributed by atoms with E-state index in [0.717, 1.165) is 11.0 Å². The highest BCUT2D eigenvalue weighted by Gasteiger charge is 1.96. The van der Waals surface area contributed by atoms with Crippen LogP contribution >= 0.6 is 15.9 Å². The molecule has 0 saturated carbocycles. The normalized spacial score (nSPS) is 10.4. The van der Waals surface area contributed by atoms with Crippen molar-refractivity contribution in [2.24, 2.45) is 0 Å². The van der Waals surface area contributed by atoms with Crippen LogP contribution in [0.2, 0.25) is 0 Å². The van der Waals surface area contributed by atoms with Crippen LogP contribution in [-0.4, -0.2) is 9.55 Å². The number of nitrogen functional groups attached to an aromatic ring is 1. The number of benzene rings is 1. The minimum atomic E-state index is 0.556. The number of hydrogen-bond donors (Lipinski definition) is 1. The third-order valence-electron chi connectivity index (χ3n) is 1.91. The van der Waals surface area contributed by atoms with Crippen LogP contribution in [0.5, 0.6) is 0 Å². The first kappa shape index (κ1) is 9.27. The molecule has 2 aromatic rings. The molecule has 1 aromatic heterocycles. The van der Waals surface area contributed by atoms with E-state index in [1.165, 1.54) is 5.56 Å². The van der Waals surface area contributed by atoms with Gasteiger partial charge in [0.25, 0.3) is 0 Å². The SMILES string of the molecule is Nc1cn(Cc2cccc(Br)c2)cn1. The Balaban J connectivity index is 2.18. The number of nitrogens with two attached hydrogens (primary N) is 1. The van der Waals surface area contributed by atoms with Gasteiger partial charge in [-0.2, -0.15) is 0 Å². The van der Waals surface area contributed by atoms with Crippen molar-refractivity contribution in [1.82, 2.24) is 9.55 Å². The molecular formula is C10H10BrN3. The van der Waals surface area contributed by atoms with Gasteiger partial charge in [-0.1, -0.05) is 28.1 Å². The number of aromatic nitrogens is 2. The molecule has 72 valence electrons. The van der Waals surface area contributed by atoms with Crippen LogP contribution in [0.25, 0.3) is 0 Å². The summed E-state index contributed by atoms with van der Waals surface area (Å²) in [5.41, 5.74) is 6.74. The molecule has 1 aromatic carbocycles. The van der Waals surface area contributed by atoms with Gasteiger partial charge in [0, 0.05) is 17.2 Å². The maximum absolute atomic E-state index is 5.52.